The molecule has 2 bridgehead atoms. The lowest BCUT2D eigenvalue weighted by atomic mass is 9.95. The fourth-order valence-electron chi connectivity index (χ4n) is 2.55. The first kappa shape index (κ1) is 10.4. The minimum atomic E-state index is 0.331. The summed E-state index contributed by atoms with van der Waals surface area (Å²) in [6.07, 6.45) is 8.03. The van der Waals surface area contributed by atoms with E-state index in [0.29, 0.717) is 24.9 Å². The summed E-state index contributed by atoms with van der Waals surface area (Å²) in [6, 6.07) is 0.614. The van der Waals surface area contributed by atoms with Gasteiger partial charge >= 0.3 is 0 Å². The van der Waals surface area contributed by atoms with E-state index in [0.717, 1.165) is 19.4 Å². The molecule has 2 fully saturated rings. The normalized spacial score (nSPS) is 35.4. The highest BCUT2D eigenvalue weighted by molar-refractivity contribution is 4.93. The highest BCUT2D eigenvalue weighted by Gasteiger charge is 2.40. The fraction of sp³-hybridized carbons (Fsp3) is 1.00. The van der Waals surface area contributed by atoms with Crippen LogP contribution < -0.4 is 5.32 Å². The third-order valence-corrected chi connectivity index (χ3v) is 3.35. The Morgan fingerprint density at radius 3 is 2.79 bits per heavy atom. The van der Waals surface area contributed by atoms with Crippen molar-refractivity contribution >= 4 is 0 Å². The minimum absolute atomic E-state index is 0.331. The Balaban J connectivity index is 1.54. The molecule has 2 heterocycles. The second kappa shape index (κ2) is 5.10. The van der Waals surface area contributed by atoms with Gasteiger partial charge in [0, 0.05) is 12.6 Å². The number of aliphatic hydroxyl groups is 1. The molecular weight excluding hydrogens is 178 g/mol. The van der Waals surface area contributed by atoms with Crippen LogP contribution in [0.2, 0.25) is 0 Å². The lowest BCUT2D eigenvalue weighted by Gasteiger charge is -2.19. The largest absolute Gasteiger partial charge is 0.396 e. The van der Waals surface area contributed by atoms with Gasteiger partial charge in [0.25, 0.3) is 0 Å². The molecule has 0 radical (unpaired) electrons. The number of hydrogen-bond acceptors (Lipinski definition) is 3. The molecule has 0 aromatic heterocycles. The summed E-state index contributed by atoms with van der Waals surface area (Å²) in [4.78, 5) is 0. The van der Waals surface area contributed by atoms with Crippen molar-refractivity contribution in [2.75, 3.05) is 13.2 Å². The van der Waals surface area contributed by atoms with Gasteiger partial charge in [-0.3, -0.25) is 0 Å². The molecule has 82 valence electrons. The molecule has 2 aliphatic rings. The van der Waals surface area contributed by atoms with Crippen LogP contribution in [0.4, 0.5) is 0 Å². The van der Waals surface area contributed by atoms with Crippen LogP contribution in [0.1, 0.15) is 38.5 Å². The van der Waals surface area contributed by atoms with Gasteiger partial charge in [-0.05, 0) is 45.1 Å². The van der Waals surface area contributed by atoms with E-state index in [2.05, 4.69) is 5.32 Å². The van der Waals surface area contributed by atoms with Crippen molar-refractivity contribution < 1.29 is 9.84 Å². The quantitative estimate of drug-likeness (QED) is 0.628. The van der Waals surface area contributed by atoms with Gasteiger partial charge in [0.1, 0.15) is 0 Å². The average Bonchev–Trinajstić information content (AvgIpc) is 2.79. The zero-order chi connectivity index (χ0) is 9.80. The fourth-order valence-corrected chi connectivity index (χ4v) is 2.55. The molecule has 3 atom stereocenters. The van der Waals surface area contributed by atoms with Crippen molar-refractivity contribution in [2.45, 2.75) is 56.8 Å². The number of aliphatic hydroxyl groups excluding tert-OH is 1. The van der Waals surface area contributed by atoms with E-state index < -0.39 is 0 Å². The van der Waals surface area contributed by atoms with Crippen LogP contribution >= 0.6 is 0 Å². The highest BCUT2D eigenvalue weighted by atomic mass is 16.5. The number of hydrogen-bond donors (Lipinski definition) is 2. The molecule has 0 aliphatic carbocycles. The van der Waals surface area contributed by atoms with Crippen LogP contribution in [0.3, 0.4) is 0 Å². The Hall–Kier alpha value is -0.120. The predicted octanol–water partition coefficient (Wildman–Crippen LogP) is 1.06. The van der Waals surface area contributed by atoms with Gasteiger partial charge in [-0.25, -0.2) is 0 Å². The topological polar surface area (TPSA) is 41.5 Å². The number of rotatable bonds is 6. The summed E-state index contributed by atoms with van der Waals surface area (Å²) in [5.41, 5.74) is 0. The molecule has 2 saturated heterocycles. The molecule has 3 nitrogen and oxygen atoms in total. The summed E-state index contributed by atoms with van der Waals surface area (Å²) >= 11 is 0. The maximum atomic E-state index is 8.62. The lowest BCUT2D eigenvalue weighted by molar-refractivity contribution is 0.0974. The summed E-state index contributed by atoms with van der Waals surface area (Å²) in [5, 5.41) is 12.2. The van der Waals surface area contributed by atoms with E-state index in [9.17, 15) is 0 Å². The van der Waals surface area contributed by atoms with Crippen LogP contribution in [0.25, 0.3) is 0 Å². The number of fused-ring (bicyclic) bond motifs is 2. The Morgan fingerprint density at radius 2 is 2.14 bits per heavy atom. The van der Waals surface area contributed by atoms with Gasteiger partial charge in [0.15, 0.2) is 0 Å². The molecule has 2 N–H and O–H groups in total. The first-order valence-corrected chi connectivity index (χ1v) is 5.90. The molecular formula is C11H21NO2. The maximum Gasteiger partial charge on any atom is 0.0733 e. The van der Waals surface area contributed by atoms with Gasteiger partial charge in [0.05, 0.1) is 12.2 Å². The molecule has 0 aromatic carbocycles. The molecule has 0 spiro atoms. The van der Waals surface area contributed by atoms with Crippen molar-refractivity contribution in [3.05, 3.63) is 0 Å². The van der Waals surface area contributed by atoms with E-state index in [-0.39, 0.29) is 0 Å². The Labute approximate surface area is 85.8 Å². The van der Waals surface area contributed by atoms with Crippen molar-refractivity contribution in [1.82, 2.24) is 5.32 Å². The molecule has 14 heavy (non-hydrogen) atoms. The van der Waals surface area contributed by atoms with Crippen molar-refractivity contribution in [2.24, 2.45) is 0 Å². The predicted molar refractivity (Wildman–Crippen MR) is 55.2 cm³/mol. The van der Waals surface area contributed by atoms with Crippen LogP contribution in [0, 0.1) is 0 Å². The van der Waals surface area contributed by atoms with Crippen molar-refractivity contribution in [3.8, 4) is 0 Å². The van der Waals surface area contributed by atoms with Gasteiger partial charge in [0.2, 0.25) is 0 Å². The van der Waals surface area contributed by atoms with Crippen LogP contribution in [0.15, 0.2) is 0 Å². The number of nitrogens with one attached hydrogen (secondary N) is 1. The molecule has 3 unspecified atom stereocenters. The highest BCUT2D eigenvalue weighted by Crippen LogP contribution is 2.34. The SMILES string of the molecule is OCCCCCNC1CC2CCC1O2. The summed E-state index contributed by atoms with van der Waals surface area (Å²) < 4.78 is 5.76. The maximum absolute atomic E-state index is 8.62. The first-order valence-electron chi connectivity index (χ1n) is 5.90. The van der Waals surface area contributed by atoms with Crippen LogP contribution in [-0.4, -0.2) is 36.5 Å². The Kier molecular flexibility index (Phi) is 3.79. The lowest BCUT2D eigenvalue weighted by Crippen LogP contribution is -2.37. The summed E-state index contributed by atoms with van der Waals surface area (Å²) in [7, 11) is 0. The zero-order valence-corrected chi connectivity index (χ0v) is 8.74. The summed E-state index contributed by atoms with van der Waals surface area (Å²) in [6.45, 7) is 1.41. The third kappa shape index (κ3) is 2.47. The standard InChI is InChI=1S/C11H21NO2/c13-7-3-1-2-6-12-10-8-9-4-5-11(10)14-9/h9-13H,1-8H2. The van der Waals surface area contributed by atoms with E-state index in [4.69, 9.17) is 9.84 Å². The second-order valence-corrected chi connectivity index (χ2v) is 4.45. The number of unbranched alkanes of at least 4 members (excludes halogenated alkanes) is 2. The minimum Gasteiger partial charge on any atom is -0.396 e. The van der Waals surface area contributed by atoms with E-state index in [1.165, 1.54) is 25.7 Å². The second-order valence-electron chi connectivity index (χ2n) is 4.45. The van der Waals surface area contributed by atoms with E-state index in [1.807, 2.05) is 0 Å². The van der Waals surface area contributed by atoms with Gasteiger partial charge in [-0.15, -0.1) is 0 Å². The molecule has 2 rings (SSSR count). The molecule has 3 heteroatoms. The zero-order valence-electron chi connectivity index (χ0n) is 8.74. The van der Waals surface area contributed by atoms with E-state index in [1.54, 1.807) is 0 Å². The van der Waals surface area contributed by atoms with Gasteiger partial charge < -0.3 is 15.2 Å². The smallest absolute Gasteiger partial charge is 0.0733 e. The van der Waals surface area contributed by atoms with Crippen molar-refractivity contribution in [1.29, 1.82) is 0 Å². The molecule has 0 aromatic rings. The third-order valence-electron chi connectivity index (χ3n) is 3.35. The van der Waals surface area contributed by atoms with Crippen molar-refractivity contribution in [3.63, 3.8) is 0 Å². The summed E-state index contributed by atoms with van der Waals surface area (Å²) in [5.74, 6) is 0. The first-order chi connectivity index (χ1) is 6.90. The van der Waals surface area contributed by atoms with Crippen LogP contribution in [-0.2, 0) is 4.74 Å². The Bertz CT molecular complexity index is 175. The van der Waals surface area contributed by atoms with E-state index >= 15 is 0 Å². The van der Waals surface area contributed by atoms with Gasteiger partial charge in [-0.1, -0.05) is 0 Å². The average molecular weight is 199 g/mol. The monoisotopic (exact) mass is 199 g/mol. The Morgan fingerprint density at radius 1 is 1.21 bits per heavy atom. The molecule has 0 saturated carbocycles. The molecule has 0 amide bonds. The van der Waals surface area contributed by atoms with Crippen LogP contribution in [0.5, 0.6) is 0 Å². The molecule has 2 aliphatic heterocycles. The van der Waals surface area contributed by atoms with Gasteiger partial charge in [-0.2, -0.15) is 0 Å². The number of ether oxygens (including phenoxy) is 1.